The fourth-order valence-corrected chi connectivity index (χ4v) is 3.48. The van der Waals surface area contributed by atoms with Crippen molar-refractivity contribution in [2.24, 2.45) is 0 Å². The molecule has 2 heterocycles. The average Bonchev–Trinajstić information content (AvgIpc) is 2.78. The third-order valence-corrected chi connectivity index (χ3v) is 5.80. The number of likely N-dealkylation sites (tertiary alicyclic amines) is 1. The Morgan fingerprint density at radius 2 is 1.74 bits per heavy atom. The molecule has 0 radical (unpaired) electrons. The molecular formula is C15H23N3O4S. The van der Waals surface area contributed by atoms with Crippen LogP contribution in [-0.2, 0) is 21.4 Å². The van der Waals surface area contributed by atoms with Crippen molar-refractivity contribution < 1.29 is 13.2 Å². The maximum Gasteiger partial charge on any atom is 0.251 e. The summed E-state index contributed by atoms with van der Waals surface area (Å²) in [5.74, 6) is -0.145. The van der Waals surface area contributed by atoms with E-state index in [1.54, 1.807) is 4.90 Å². The number of pyridine rings is 1. The van der Waals surface area contributed by atoms with E-state index in [9.17, 15) is 18.0 Å². The lowest BCUT2D eigenvalue weighted by Crippen LogP contribution is -2.37. The fourth-order valence-electron chi connectivity index (χ4n) is 2.56. The van der Waals surface area contributed by atoms with Gasteiger partial charge >= 0.3 is 0 Å². The molecule has 1 fully saturated rings. The summed E-state index contributed by atoms with van der Waals surface area (Å²) in [6, 6.07) is 2.46. The highest BCUT2D eigenvalue weighted by Gasteiger charge is 2.20. The lowest BCUT2D eigenvalue weighted by molar-refractivity contribution is -0.131. The zero-order chi connectivity index (χ0) is 17.0. The Kier molecular flexibility index (Phi) is 5.59. The normalized spacial score (nSPS) is 16.4. The summed E-state index contributed by atoms with van der Waals surface area (Å²) in [5, 5.41) is 0. The summed E-state index contributed by atoms with van der Waals surface area (Å²) < 4.78 is 26.5. The number of rotatable bonds is 4. The van der Waals surface area contributed by atoms with Crippen LogP contribution in [0.25, 0.3) is 0 Å². The first-order valence-electron chi connectivity index (χ1n) is 7.73. The number of amides is 1. The minimum absolute atomic E-state index is 0.00534. The quantitative estimate of drug-likeness (QED) is 0.799. The van der Waals surface area contributed by atoms with Gasteiger partial charge in [0.25, 0.3) is 5.56 Å². The number of nitrogens with zero attached hydrogens (tertiary/aromatic N) is 3. The second-order valence-electron chi connectivity index (χ2n) is 5.91. The molecule has 0 bridgehead atoms. The number of hydrogen-bond acceptors (Lipinski definition) is 4. The van der Waals surface area contributed by atoms with E-state index in [0.717, 1.165) is 30.0 Å². The summed E-state index contributed by atoms with van der Waals surface area (Å²) in [6.07, 6.45) is 5.40. The van der Waals surface area contributed by atoms with Crippen LogP contribution in [0.5, 0.6) is 0 Å². The molecule has 0 saturated carbocycles. The summed E-state index contributed by atoms with van der Waals surface area (Å²) in [7, 11) is -0.786. The molecule has 0 spiro atoms. The predicted molar refractivity (Wildman–Crippen MR) is 86.6 cm³/mol. The van der Waals surface area contributed by atoms with Crippen LogP contribution in [0, 0.1) is 0 Å². The van der Waals surface area contributed by atoms with Crippen LogP contribution in [0.15, 0.2) is 28.0 Å². The standard InChI is InChI=1S/C15H23N3O4S/c1-16(2)23(21,22)13-7-8-14(19)18(11-13)12-15(20)17-9-5-3-4-6-10-17/h7-8,11H,3-6,9-10,12H2,1-2H3. The van der Waals surface area contributed by atoms with Gasteiger partial charge < -0.3 is 9.47 Å². The van der Waals surface area contributed by atoms with Crippen molar-refractivity contribution in [2.75, 3.05) is 27.2 Å². The molecule has 0 atom stereocenters. The highest BCUT2D eigenvalue weighted by Crippen LogP contribution is 2.12. The Bertz CT molecular complexity index is 716. The lowest BCUT2D eigenvalue weighted by atomic mass is 10.2. The second-order valence-corrected chi connectivity index (χ2v) is 8.07. The largest absolute Gasteiger partial charge is 0.341 e. The van der Waals surface area contributed by atoms with Gasteiger partial charge in [0.05, 0.1) is 4.90 Å². The molecule has 0 unspecified atom stereocenters. The maximum absolute atomic E-state index is 12.4. The van der Waals surface area contributed by atoms with Crippen molar-refractivity contribution in [1.82, 2.24) is 13.8 Å². The predicted octanol–water partition coefficient (Wildman–Crippen LogP) is 0.501. The smallest absolute Gasteiger partial charge is 0.251 e. The van der Waals surface area contributed by atoms with Crippen LogP contribution in [-0.4, -0.2) is 55.3 Å². The molecular weight excluding hydrogens is 318 g/mol. The Labute approximate surface area is 136 Å². The molecule has 8 heteroatoms. The van der Waals surface area contributed by atoms with Crippen molar-refractivity contribution >= 4 is 15.9 Å². The van der Waals surface area contributed by atoms with Gasteiger partial charge in [-0.05, 0) is 18.9 Å². The minimum Gasteiger partial charge on any atom is -0.341 e. The van der Waals surface area contributed by atoms with Gasteiger partial charge in [0.15, 0.2) is 0 Å². The van der Waals surface area contributed by atoms with Crippen molar-refractivity contribution in [1.29, 1.82) is 0 Å². The highest BCUT2D eigenvalue weighted by atomic mass is 32.2. The molecule has 0 N–H and O–H groups in total. The average molecular weight is 341 g/mol. The molecule has 128 valence electrons. The van der Waals surface area contributed by atoms with Crippen LogP contribution in [0.1, 0.15) is 25.7 Å². The summed E-state index contributed by atoms with van der Waals surface area (Å²) >= 11 is 0. The van der Waals surface area contributed by atoms with Crippen molar-refractivity contribution in [3.63, 3.8) is 0 Å². The highest BCUT2D eigenvalue weighted by molar-refractivity contribution is 7.89. The number of hydrogen-bond donors (Lipinski definition) is 0. The Balaban J connectivity index is 2.22. The summed E-state index contributed by atoms with van der Waals surface area (Å²) in [4.78, 5) is 26.1. The second kappa shape index (κ2) is 7.27. The van der Waals surface area contributed by atoms with Crippen molar-refractivity contribution in [3.8, 4) is 0 Å². The van der Waals surface area contributed by atoms with Gasteiger partial charge in [-0.3, -0.25) is 9.59 Å². The van der Waals surface area contributed by atoms with Crippen LogP contribution in [0.2, 0.25) is 0 Å². The van der Waals surface area contributed by atoms with Gasteiger partial charge in [0.1, 0.15) is 6.54 Å². The van der Waals surface area contributed by atoms with Crippen molar-refractivity contribution in [2.45, 2.75) is 37.1 Å². The first-order chi connectivity index (χ1) is 10.8. The SMILES string of the molecule is CN(C)S(=O)(=O)c1ccc(=O)n(CC(=O)N2CCCCCC2)c1. The first-order valence-corrected chi connectivity index (χ1v) is 9.17. The van der Waals surface area contributed by atoms with Crippen LogP contribution in [0.4, 0.5) is 0 Å². The van der Waals surface area contributed by atoms with E-state index < -0.39 is 10.0 Å². The van der Waals surface area contributed by atoms with Crippen molar-refractivity contribution in [3.05, 3.63) is 28.7 Å². The first kappa shape index (κ1) is 17.7. The van der Waals surface area contributed by atoms with E-state index in [0.29, 0.717) is 13.1 Å². The van der Waals surface area contributed by atoms with Crippen LogP contribution >= 0.6 is 0 Å². The molecule has 1 aliphatic heterocycles. The molecule has 1 aromatic heterocycles. The number of carbonyl (C=O) groups excluding carboxylic acids is 1. The molecule has 23 heavy (non-hydrogen) atoms. The van der Waals surface area contributed by atoms with E-state index in [1.165, 1.54) is 37.0 Å². The topological polar surface area (TPSA) is 79.7 Å². The van der Waals surface area contributed by atoms with E-state index in [1.807, 2.05) is 0 Å². The number of carbonyl (C=O) groups is 1. The molecule has 1 aliphatic rings. The molecule has 1 amide bonds. The zero-order valence-electron chi connectivity index (χ0n) is 13.6. The van der Waals surface area contributed by atoms with E-state index >= 15 is 0 Å². The van der Waals surface area contributed by atoms with E-state index in [2.05, 4.69) is 0 Å². The third kappa shape index (κ3) is 4.20. The minimum atomic E-state index is -3.63. The van der Waals surface area contributed by atoms with Gasteiger partial charge in [-0.25, -0.2) is 12.7 Å². The number of aromatic nitrogens is 1. The van der Waals surface area contributed by atoms with Gasteiger partial charge in [-0.15, -0.1) is 0 Å². The summed E-state index contributed by atoms with van der Waals surface area (Å²) in [6.45, 7) is 1.27. The van der Waals surface area contributed by atoms with Gasteiger partial charge in [-0.2, -0.15) is 0 Å². The Morgan fingerprint density at radius 1 is 1.13 bits per heavy atom. The third-order valence-electron chi connectivity index (χ3n) is 4.00. The van der Waals surface area contributed by atoms with Crippen LogP contribution < -0.4 is 5.56 Å². The summed E-state index contributed by atoms with van der Waals surface area (Å²) in [5.41, 5.74) is -0.383. The molecule has 0 aliphatic carbocycles. The monoisotopic (exact) mass is 341 g/mol. The molecule has 1 saturated heterocycles. The van der Waals surface area contributed by atoms with Gasteiger partial charge in [0, 0.05) is 39.4 Å². The molecule has 2 rings (SSSR count). The zero-order valence-corrected chi connectivity index (χ0v) is 14.4. The number of sulfonamides is 1. The van der Waals surface area contributed by atoms with Gasteiger partial charge in [-0.1, -0.05) is 12.8 Å². The Morgan fingerprint density at radius 3 is 2.30 bits per heavy atom. The lowest BCUT2D eigenvalue weighted by Gasteiger charge is -2.21. The molecule has 7 nitrogen and oxygen atoms in total. The van der Waals surface area contributed by atoms with Gasteiger partial charge in [0.2, 0.25) is 15.9 Å². The molecule has 1 aromatic rings. The van der Waals surface area contributed by atoms with E-state index in [4.69, 9.17) is 0 Å². The Hall–Kier alpha value is -1.67. The fraction of sp³-hybridized carbons (Fsp3) is 0.600. The van der Waals surface area contributed by atoms with Crippen LogP contribution in [0.3, 0.4) is 0 Å². The molecule has 0 aromatic carbocycles. The maximum atomic E-state index is 12.4. The van der Waals surface area contributed by atoms with E-state index in [-0.39, 0.29) is 22.9 Å².